The molecule has 0 aromatic carbocycles. The first-order valence-electron chi connectivity index (χ1n) is 2.56. The van der Waals surface area contributed by atoms with Crippen LogP contribution in [0.15, 0.2) is 24.7 Å². The molecular formula is C6H6O3. The first-order chi connectivity index (χ1) is 4.39. The molecule has 0 fully saturated rings. The number of rotatable bonds is 0. The summed E-state index contributed by atoms with van der Waals surface area (Å²) in [7, 11) is 0. The first-order valence-corrected chi connectivity index (χ1v) is 2.56. The molecular weight excluding hydrogens is 120 g/mol. The van der Waals surface area contributed by atoms with E-state index in [2.05, 4.69) is 9.78 Å². The molecule has 0 aromatic rings. The molecule has 1 heterocycles. The summed E-state index contributed by atoms with van der Waals surface area (Å²) in [6.45, 7) is 0. The van der Waals surface area contributed by atoms with E-state index in [4.69, 9.17) is 0 Å². The zero-order chi connectivity index (χ0) is 6.53. The summed E-state index contributed by atoms with van der Waals surface area (Å²) in [5, 5.41) is 0. The topological polar surface area (TPSA) is 35.5 Å². The lowest BCUT2D eigenvalue weighted by atomic mass is 10.3. The van der Waals surface area contributed by atoms with Crippen molar-refractivity contribution in [2.24, 2.45) is 0 Å². The molecule has 0 aliphatic carbocycles. The average molecular weight is 126 g/mol. The van der Waals surface area contributed by atoms with Gasteiger partial charge in [0.15, 0.2) is 5.78 Å². The molecule has 0 N–H and O–H groups in total. The lowest BCUT2D eigenvalue weighted by Gasteiger charge is -1.96. The largest absolute Gasteiger partial charge is 0.299 e. The number of ketones is 1. The van der Waals surface area contributed by atoms with Crippen molar-refractivity contribution in [2.45, 2.75) is 6.42 Å². The Morgan fingerprint density at radius 1 is 1.33 bits per heavy atom. The predicted molar refractivity (Wildman–Crippen MR) is 30.1 cm³/mol. The van der Waals surface area contributed by atoms with Gasteiger partial charge in [0.25, 0.3) is 0 Å². The Morgan fingerprint density at radius 2 is 2.11 bits per heavy atom. The van der Waals surface area contributed by atoms with E-state index >= 15 is 0 Å². The minimum absolute atomic E-state index is 0.00884. The lowest BCUT2D eigenvalue weighted by Crippen LogP contribution is -1.92. The molecule has 0 saturated carbocycles. The minimum atomic E-state index is 0.00884. The summed E-state index contributed by atoms with van der Waals surface area (Å²) in [4.78, 5) is 19.3. The van der Waals surface area contributed by atoms with Crippen LogP contribution < -0.4 is 0 Å². The van der Waals surface area contributed by atoms with Crippen molar-refractivity contribution in [3.8, 4) is 0 Å². The molecule has 0 spiro atoms. The van der Waals surface area contributed by atoms with Crippen LogP contribution in [-0.4, -0.2) is 5.78 Å². The molecule has 1 rings (SSSR count). The molecule has 0 bridgehead atoms. The van der Waals surface area contributed by atoms with Crippen molar-refractivity contribution in [3.63, 3.8) is 0 Å². The fraction of sp³-hybridized carbons (Fsp3) is 0.167. The molecule has 0 unspecified atom stereocenters. The highest BCUT2D eigenvalue weighted by atomic mass is 17.2. The molecule has 9 heavy (non-hydrogen) atoms. The highest BCUT2D eigenvalue weighted by Crippen LogP contribution is 1.94. The number of hydrogen-bond acceptors (Lipinski definition) is 3. The van der Waals surface area contributed by atoms with Gasteiger partial charge in [-0.2, -0.15) is 0 Å². The van der Waals surface area contributed by atoms with Crippen LogP contribution in [0.1, 0.15) is 6.42 Å². The Morgan fingerprint density at radius 3 is 3.00 bits per heavy atom. The lowest BCUT2D eigenvalue weighted by molar-refractivity contribution is -0.196. The van der Waals surface area contributed by atoms with Gasteiger partial charge in [-0.15, -0.1) is 0 Å². The van der Waals surface area contributed by atoms with Gasteiger partial charge in [-0.1, -0.05) is 0 Å². The third-order valence-electron chi connectivity index (χ3n) is 0.836. The minimum Gasteiger partial charge on any atom is -0.299 e. The highest BCUT2D eigenvalue weighted by Gasteiger charge is 1.93. The second-order valence-electron chi connectivity index (χ2n) is 1.54. The summed E-state index contributed by atoms with van der Waals surface area (Å²) in [6.07, 6.45) is 5.84. The quantitative estimate of drug-likeness (QED) is 0.453. The van der Waals surface area contributed by atoms with Gasteiger partial charge in [-0.05, 0) is 6.08 Å². The van der Waals surface area contributed by atoms with Crippen molar-refractivity contribution in [2.75, 3.05) is 0 Å². The van der Waals surface area contributed by atoms with Crippen molar-refractivity contribution in [1.29, 1.82) is 0 Å². The maximum Gasteiger partial charge on any atom is 0.162 e. The molecule has 1 aliphatic rings. The highest BCUT2D eigenvalue weighted by molar-refractivity contribution is 5.90. The zero-order valence-corrected chi connectivity index (χ0v) is 4.74. The Kier molecular flexibility index (Phi) is 1.90. The van der Waals surface area contributed by atoms with Crippen LogP contribution >= 0.6 is 0 Å². The third-order valence-corrected chi connectivity index (χ3v) is 0.836. The van der Waals surface area contributed by atoms with E-state index in [1.54, 1.807) is 6.08 Å². The van der Waals surface area contributed by atoms with Crippen LogP contribution in [0.5, 0.6) is 0 Å². The number of carbonyl (C=O) groups excluding carboxylic acids is 1. The maximum atomic E-state index is 10.6. The third kappa shape index (κ3) is 1.99. The van der Waals surface area contributed by atoms with Crippen LogP contribution in [-0.2, 0) is 14.6 Å². The molecule has 0 saturated heterocycles. The first kappa shape index (κ1) is 5.88. The summed E-state index contributed by atoms with van der Waals surface area (Å²) in [6, 6.07) is 0. The Labute approximate surface area is 52.5 Å². The Hall–Kier alpha value is -1.25. The molecule has 3 nitrogen and oxygen atoms in total. The van der Waals surface area contributed by atoms with Gasteiger partial charge in [-0.3, -0.25) is 14.6 Å². The molecule has 3 heteroatoms. The van der Waals surface area contributed by atoms with E-state index in [9.17, 15) is 4.79 Å². The average Bonchev–Trinajstić information content (AvgIpc) is 1.79. The second kappa shape index (κ2) is 2.91. The normalized spacial score (nSPS) is 24.7. The summed E-state index contributed by atoms with van der Waals surface area (Å²) in [5.41, 5.74) is 0. The van der Waals surface area contributed by atoms with Crippen molar-refractivity contribution >= 4 is 5.78 Å². The fourth-order valence-corrected chi connectivity index (χ4v) is 0.439. The van der Waals surface area contributed by atoms with E-state index in [0.29, 0.717) is 6.42 Å². The van der Waals surface area contributed by atoms with Crippen LogP contribution in [0.2, 0.25) is 0 Å². The van der Waals surface area contributed by atoms with Gasteiger partial charge in [-0.25, -0.2) is 0 Å². The summed E-state index contributed by atoms with van der Waals surface area (Å²) in [5.74, 6) is 0.00884. The van der Waals surface area contributed by atoms with E-state index in [1.165, 1.54) is 18.6 Å². The number of hydrogen-bond donors (Lipinski definition) is 0. The van der Waals surface area contributed by atoms with E-state index < -0.39 is 0 Å². The smallest absolute Gasteiger partial charge is 0.162 e. The van der Waals surface area contributed by atoms with Crippen LogP contribution in [0.3, 0.4) is 0 Å². The number of carbonyl (C=O) groups is 1. The SMILES string of the molecule is O=C1/C=C\OO/C=C\C1. The van der Waals surface area contributed by atoms with Gasteiger partial charge in [0, 0.05) is 12.5 Å². The fourth-order valence-electron chi connectivity index (χ4n) is 0.439. The number of allylic oxidation sites excluding steroid dienone is 2. The monoisotopic (exact) mass is 126 g/mol. The van der Waals surface area contributed by atoms with Crippen LogP contribution in [0.25, 0.3) is 0 Å². The van der Waals surface area contributed by atoms with Crippen molar-refractivity contribution < 1.29 is 14.6 Å². The molecule has 0 aromatic heterocycles. The standard InChI is InChI=1S/C6H6O3/c7-6-2-1-4-8-9-5-3-6/h1,3-5H,2H2/b4-1-,5-3-. The molecule has 1 aliphatic heterocycles. The Balaban J connectivity index is 2.50. The molecule has 0 radical (unpaired) electrons. The van der Waals surface area contributed by atoms with Gasteiger partial charge < -0.3 is 0 Å². The second-order valence-corrected chi connectivity index (χ2v) is 1.54. The van der Waals surface area contributed by atoms with Gasteiger partial charge in [0.2, 0.25) is 0 Å². The molecule has 48 valence electrons. The molecule has 0 atom stereocenters. The van der Waals surface area contributed by atoms with Crippen molar-refractivity contribution in [1.82, 2.24) is 0 Å². The maximum absolute atomic E-state index is 10.6. The summed E-state index contributed by atoms with van der Waals surface area (Å²) < 4.78 is 0. The van der Waals surface area contributed by atoms with Gasteiger partial charge in [0.05, 0.1) is 0 Å². The predicted octanol–water partition coefficient (Wildman–Crippen LogP) is 0.935. The Bertz CT molecular complexity index is 158. The zero-order valence-electron chi connectivity index (χ0n) is 4.74. The van der Waals surface area contributed by atoms with E-state index in [-0.39, 0.29) is 5.78 Å². The molecule has 0 amide bonds. The van der Waals surface area contributed by atoms with E-state index in [0.717, 1.165) is 0 Å². The van der Waals surface area contributed by atoms with Crippen molar-refractivity contribution in [3.05, 3.63) is 24.7 Å². The van der Waals surface area contributed by atoms with Crippen LogP contribution in [0.4, 0.5) is 0 Å². The van der Waals surface area contributed by atoms with E-state index in [1.807, 2.05) is 0 Å². The summed E-state index contributed by atoms with van der Waals surface area (Å²) >= 11 is 0. The van der Waals surface area contributed by atoms with Gasteiger partial charge >= 0.3 is 0 Å². The van der Waals surface area contributed by atoms with Crippen LogP contribution in [0, 0.1) is 0 Å². The van der Waals surface area contributed by atoms with Gasteiger partial charge in [0.1, 0.15) is 12.5 Å².